The zero-order valence-electron chi connectivity index (χ0n) is 16.2. The zero-order chi connectivity index (χ0) is 20.1. The number of benzene rings is 1. The predicted molar refractivity (Wildman–Crippen MR) is 111 cm³/mol. The second-order valence-corrected chi connectivity index (χ2v) is 9.92. The fraction of sp³-hybridized carbons (Fsp3) is 0.400. The first-order valence-electron chi connectivity index (χ1n) is 9.26. The largest absolute Gasteiger partial charge is 0.340 e. The molecular formula is C20H25N3O3S2. The second kappa shape index (κ2) is 9.07. The van der Waals surface area contributed by atoms with Gasteiger partial charge in [0.15, 0.2) is 0 Å². The molecule has 2 heterocycles. The Balaban J connectivity index is 1.48. The molecule has 0 bridgehead atoms. The van der Waals surface area contributed by atoms with Gasteiger partial charge in [0, 0.05) is 55.6 Å². The molecule has 0 aliphatic carbocycles. The lowest BCUT2D eigenvalue weighted by Gasteiger charge is -2.34. The highest BCUT2D eigenvalue weighted by Crippen LogP contribution is 2.22. The van der Waals surface area contributed by atoms with Crippen LogP contribution in [0.3, 0.4) is 0 Å². The molecule has 1 aliphatic rings. The minimum atomic E-state index is -3.54. The topological polar surface area (TPSA) is 70.6 Å². The van der Waals surface area contributed by atoms with Crippen LogP contribution in [-0.2, 0) is 14.8 Å². The molecule has 150 valence electrons. The fourth-order valence-electron chi connectivity index (χ4n) is 3.04. The molecule has 28 heavy (non-hydrogen) atoms. The number of carbonyl (C=O) groups excluding carboxylic acids is 1. The maximum absolute atomic E-state index is 12.6. The number of sulfonamides is 1. The maximum Gasteiger partial charge on any atom is 0.244 e. The van der Waals surface area contributed by atoms with E-state index in [1.54, 1.807) is 35.0 Å². The summed E-state index contributed by atoms with van der Waals surface area (Å²) >= 11 is 1.68. The third-order valence-corrected chi connectivity index (χ3v) is 7.80. The predicted octanol–water partition coefficient (Wildman–Crippen LogP) is 2.71. The molecule has 1 saturated heterocycles. The van der Waals surface area contributed by atoms with Crippen molar-refractivity contribution in [3.05, 3.63) is 53.9 Å². The van der Waals surface area contributed by atoms with Gasteiger partial charge in [-0.3, -0.25) is 9.78 Å². The highest BCUT2D eigenvalue weighted by molar-refractivity contribution is 7.99. The van der Waals surface area contributed by atoms with Gasteiger partial charge in [0.25, 0.3) is 0 Å². The normalized spacial score (nSPS) is 15.6. The number of amides is 1. The average molecular weight is 420 g/mol. The molecule has 3 rings (SSSR count). The zero-order valence-corrected chi connectivity index (χ0v) is 17.8. The number of hydrogen-bond donors (Lipinski definition) is 0. The van der Waals surface area contributed by atoms with Crippen LogP contribution in [0.25, 0.3) is 0 Å². The summed E-state index contributed by atoms with van der Waals surface area (Å²) in [4.78, 5) is 19.5. The molecular weight excluding hydrogens is 394 g/mol. The van der Waals surface area contributed by atoms with Crippen molar-refractivity contribution in [3.8, 4) is 0 Å². The van der Waals surface area contributed by atoms with Gasteiger partial charge in [0.1, 0.15) is 4.90 Å². The summed E-state index contributed by atoms with van der Waals surface area (Å²) < 4.78 is 26.7. The monoisotopic (exact) mass is 419 g/mol. The van der Waals surface area contributed by atoms with Crippen molar-refractivity contribution in [3.63, 3.8) is 0 Å². The summed E-state index contributed by atoms with van der Waals surface area (Å²) in [6.07, 6.45) is 3.36. The van der Waals surface area contributed by atoms with E-state index < -0.39 is 10.0 Å². The van der Waals surface area contributed by atoms with E-state index in [1.165, 1.54) is 26.5 Å². The SMILES string of the molecule is Cc1ccc(SCCC(=O)N2CCN(S(=O)(=O)c3cccnc3)CC2)cc1C. The Labute approximate surface area is 171 Å². The number of piperazine rings is 1. The number of aryl methyl sites for hydroxylation is 2. The minimum absolute atomic E-state index is 0.0785. The second-order valence-electron chi connectivity index (χ2n) is 6.82. The van der Waals surface area contributed by atoms with E-state index in [9.17, 15) is 13.2 Å². The van der Waals surface area contributed by atoms with Crippen molar-refractivity contribution in [1.29, 1.82) is 0 Å². The van der Waals surface area contributed by atoms with Crippen molar-refractivity contribution in [2.45, 2.75) is 30.1 Å². The molecule has 2 aromatic rings. The molecule has 1 aromatic carbocycles. The lowest BCUT2D eigenvalue weighted by Crippen LogP contribution is -2.50. The van der Waals surface area contributed by atoms with Crippen LogP contribution < -0.4 is 0 Å². The van der Waals surface area contributed by atoms with Crippen LogP contribution in [0.5, 0.6) is 0 Å². The van der Waals surface area contributed by atoms with Crippen LogP contribution in [-0.4, -0.2) is 60.4 Å². The van der Waals surface area contributed by atoms with Crippen LogP contribution in [0.2, 0.25) is 0 Å². The standard InChI is InChI=1S/C20H25N3O3S2/c1-16-5-6-18(14-17(16)2)27-13-7-20(24)22-9-11-23(12-10-22)28(25,26)19-4-3-8-21-15-19/h3-6,8,14-15H,7,9-13H2,1-2H3. The minimum Gasteiger partial charge on any atom is -0.340 e. The molecule has 0 N–H and O–H groups in total. The Morgan fingerprint density at radius 2 is 1.86 bits per heavy atom. The van der Waals surface area contributed by atoms with Gasteiger partial charge in [-0.05, 0) is 49.2 Å². The Hall–Kier alpha value is -1.90. The van der Waals surface area contributed by atoms with Gasteiger partial charge < -0.3 is 4.90 Å². The average Bonchev–Trinajstić information content (AvgIpc) is 2.71. The lowest BCUT2D eigenvalue weighted by molar-refractivity contribution is -0.131. The van der Waals surface area contributed by atoms with Crippen LogP contribution >= 0.6 is 11.8 Å². The maximum atomic E-state index is 12.6. The molecule has 0 spiro atoms. The summed E-state index contributed by atoms with van der Waals surface area (Å²) in [5.41, 5.74) is 2.52. The Kier molecular flexibility index (Phi) is 6.74. The number of thioether (sulfide) groups is 1. The van der Waals surface area contributed by atoms with Gasteiger partial charge in [-0.25, -0.2) is 8.42 Å². The van der Waals surface area contributed by atoms with E-state index in [-0.39, 0.29) is 10.8 Å². The molecule has 0 atom stereocenters. The van der Waals surface area contributed by atoms with E-state index in [0.717, 1.165) is 5.75 Å². The van der Waals surface area contributed by atoms with Crippen molar-refractivity contribution < 1.29 is 13.2 Å². The van der Waals surface area contributed by atoms with E-state index in [4.69, 9.17) is 0 Å². The summed E-state index contributed by atoms with van der Waals surface area (Å²) in [6, 6.07) is 9.48. The number of hydrogen-bond acceptors (Lipinski definition) is 5. The van der Waals surface area contributed by atoms with Gasteiger partial charge in [0.2, 0.25) is 15.9 Å². The van der Waals surface area contributed by atoms with Crippen LogP contribution in [0.15, 0.2) is 52.5 Å². The van der Waals surface area contributed by atoms with Gasteiger partial charge in [0.05, 0.1) is 0 Å². The number of pyridine rings is 1. The number of aromatic nitrogens is 1. The molecule has 0 unspecified atom stereocenters. The van der Waals surface area contributed by atoms with Crippen molar-refractivity contribution in [2.24, 2.45) is 0 Å². The fourth-order valence-corrected chi connectivity index (χ4v) is 5.37. The Morgan fingerprint density at radius 1 is 1.11 bits per heavy atom. The third-order valence-electron chi connectivity index (χ3n) is 4.93. The Bertz CT molecular complexity index is 925. The van der Waals surface area contributed by atoms with E-state index >= 15 is 0 Å². The molecule has 0 radical (unpaired) electrons. The summed E-state index contributed by atoms with van der Waals surface area (Å²) in [5, 5.41) is 0. The van der Waals surface area contributed by atoms with E-state index in [0.29, 0.717) is 32.6 Å². The van der Waals surface area contributed by atoms with Crippen LogP contribution in [0.1, 0.15) is 17.5 Å². The smallest absolute Gasteiger partial charge is 0.244 e. The quantitative estimate of drug-likeness (QED) is 0.674. The van der Waals surface area contributed by atoms with Gasteiger partial charge >= 0.3 is 0 Å². The number of nitrogens with zero attached hydrogens (tertiary/aromatic N) is 3. The Morgan fingerprint density at radius 3 is 2.50 bits per heavy atom. The van der Waals surface area contributed by atoms with Crippen molar-refractivity contribution >= 4 is 27.7 Å². The van der Waals surface area contributed by atoms with E-state index in [1.807, 2.05) is 0 Å². The van der Waals surface area contributed by atoms with Crippen molar-refractivity contribution in [1.82, 2.24) is 14.2 Å². The van der Waals surface area contributed by atoms with Crippen LogP contribution in [0.4, 0.5) is 0 Å². The highest BCUT2D eigenvalue weighted by atomic mass is 32.2. The number of carbonyl (C=O) groups is 1. The molecule has 1 amide bonds. The van der Waals surface area contributed by atoms with E-state index in [2.05, 4.69) is 37.0 Å². The van der Waals surface area contributed by atoms with Gasteiger partial charge in [-0.15, -0.1) is 11.8 Å². The molecule has 8 heteroatoms. The first kappa shape index (κ1) is 20.8. The first-order valence-corrected chi connectivity index (χ1v) is 11.7. The number of rotatable bonds is 6. The molecule has 1 aliphatic heterocycles. The molecule has 0 saturated carbocycles. The lowest BCUT2D eigenvalue weighted by atomic mass is 10.1. The van der Waals surface area contributed by atoms with Crippen molar-refractivity contribution in [2.75, 3.05) is 31.9 Å². The summed E-state index contributed by atoms with van der Waals surface area (Å²) in [5.74, 6) is 0.796. The van der Waals surface area contributed by atoms with Gasteiger partial charge in [-0.2, -0.15) is 4.31 Å². The highest BCUT2D eigenvalue weighted by Gasteiger charge is 2.30. The molecule has 1 fully saturated rings. The molecule has 6 nitrogen and oxygen atoms in total. The summed E-state index contributed by atoms with van der Waals surface area (Å²) in [7, 11) is -3.54. The van der Waals surface area contributed by atoms with Crippen LogP contribution in [0, 0.1) is 13.8 Å². The molecule has 1 aromatic heterocycles. The first-order chi connectivity index (χ1) is 13.4. The van der Waals surface area contributed by atoms with Gasteiger partial charge in [-0.1, -0.05) is 6.07 Å². The third kappa shape index (κ3) is 4.92. The summed E-state index contributed by atoms with van der Waals surface area (Å²) in [6.45, 7) is 5.64.